The number of Topliss-reactive ketones (excluding diaryl/α,β-unsaturated/α-hetero) is 1. The van der Waals surface area contributed by atoms with E-state index in [1.807, 2.05) is 24.3 Å². The van der Waals surface area contributed by atoms with Crippen LogP contribution in [0.3, 0.4) is 0 Å². The van der Waals surface area contributed by atoms with Crippen LogP contribution in [-0.4, -0.2) is 69.8 Å². The molecule has 1 aromatic rings. The lowest BCUT2D eigenvalue weighted by atomic mass is 9.79. The Morgan fingerprint density at radius 1 is 0.575 bits per heavy atom. The molecule has 0 aromatic heterocycles. The molecule has 0 radical (unpaired) electrons. The number of carbonyl (C=O) groups excluding carboxylic acids is 1. The van der Waals surface area contributed by atoms with E-state index in [1.54, 1.807) is 0 Å². The van der Waals surface area contributed by atoms with Crippen molar-refractivity contribution in [3.63, 3.8) is 0 Å². The molecule has 7 heteroatoms. The van der Waals surface area contributed by atoms with Crippen LogP contribution < -0.4 is 9.47 Å². The molecule has 1 aliphatic carbocycles. The van der Waals surface area contributed by atoms with Crippen molar-refractivity contribution in [2.45, 2.75) is 123 Å². The Hall–Kier alpha value is -1.67. The number of ether oxygens (including phenoxy) is 6. The summed E-state index contributed by atoms with van der Waals surface area (Å²) in [4.78, 5) is 14.2. The maximum absolute atomic E-state index is 14.2. The standard InChI is InChI=1S/C33H56O7/c1-6-11-20-35-25-28-29(34)31(40-27-18-16-26(17-19-27)36-21-12-7-2)33(39-24-15-10-5)32(38-23-14-9-4)30(28)37-22-13-8-3/h16-19,28,30-33H,6-15,20-25H2,1-5H3/t28-,30+,31+,32-,33-/m0/s1. The molecule has 1 saturated carbocycles. The number of ketones is 1. The van der Waals surface area contributed by atoms with Crippen molar-refractivity contribution in [1.29, 1.82) is 0 Å². The van der Waals surface area contributed by atoms with Crippen LogP contribution in [0.2, 0.25) is 0 Å². The first-order valence-electron chi connectivity index (χ1n) is 16.0. The zero-order valence-corrected chi connectivity index (χ0v) is 25.9. The van der Waals surface area contributed by atoms with E-state index in [0.29, 0.717) is 38.8 Å². The van der Waals surface area contributed by atoms with Gasteiger partial charge in [0.15, 0.2) is 11.9 Å². The van der Waals surface area contributed by atoms with E-state index in [4.69, 9.17) is 28.4 Å². The van der Waals surface area contributed by atoms with Crippen LogP contribution >= 0.6 is 0 Å². The zero-order valence-electron chi connectivity index (χ0n) is 25.9. The average molecular weight is 565 g/mol. The summed E-state index contributed by atoms with van der Waals surface area (Å²) in [6.45, 7) is 13.9. The Balaban J connectivity index is 2.36. The van der Waals surface area contributed by atoms with Gasteiger partial charge in [-0.15, -0.1) is 0 Å². The molecule has 1 fully saturated rings. The van der Waals surface area contributed by atoms with Crippen LogP contribution in [0, 0.1) is 5.92 Å². The number of rotatable bonds is 23. The summed E-state index contributed by atoms with van der Waals surface area (Å²) >= 11 is 0. The van der Waals surface area contributed by atoms with Gasteiger partial charge >= 0.3 is 0 Å². The van der Waals surface area contributed by atoms with E-state index < -0.39 is 30.3 Å². The van der Waals surface area contributed by atoms with E-state index in [1.165, 1.54) is 0 Å². The van der Waals surface area contributed by atoms with Crippen LogP contribution in [-0.2, 0) is 23.7 Å². The van der Waals surface area contributed by atoms with Crippen molar-refractivity contribution in [2.75, 3.05) is 39.6 Å². The Bertz CT molecular complexity index is 769. The molecule has 0 aliphatic heterocycles. The van der Waals surface area contributed by atoms with E-state index in [-0.39, 0.29) is 12.4 Å². The van der Waals surface area contributed by atoms with Gasteiger partial charge in [0.2, 0.25) is 0 Å². The van der Waals surface area contributed by atoms with Gasteiger partial charge < -0.3 is 28.4 Å². The number of hydrogen-bond acceptors (Lipinski definition) is 7. The van der Waals surface area contributed by atoms with Gasteiger partial charge in [0.1, 0.15) is 23.7 Å². The van der Waals surface area contributed by atoms with Gasteiger partial charge in [0.25, 0.3) is 0 Å². The third-order valence-electron chi connectivity index (χ3n) is 7.21. The lowest BCUT2D eigenvalue weighted by molar-refractivity contribution is -0.208. The summed E-state index contributed by atoms with van der Waals surface area (Å²) in [5, 5.41) is 0. The Labute approximate surface area is 243 Å². The number of carbonyl (C=O) groups is 1. The van der Waals surface area contributed by atoms with Gasteiger partial charge in [0, 0.05) is 26.4 Å². The highest BCUT2D eigenvalue weighted by molar-refractivity contribution is 5.88. The van der Waals surface area contributed by atoms with Crippen molar-refractivity contribution >= 4 is 5.78 Å². The largest absolute Gasteiger partial charge is 0.494 e. The second-order valence-corrected chi connectivity index (χ2v) is 10.7. The number of hydrogen-bond donors (Lipinski definition) is 0. The molecule has 0 unspecified atom stereocenters. The predicted molar refractivity (Wildman–Crippen MR) is 159 cm³/mol. The third kappa shape index (κ3) is 11.7. The quantitative estimate of drug-likeness (QED) is 0.130. The van der Waals surface area contributed by atoms with E-state index in [0.717, 1.165) is 70.0 Å². The van der Waals surface area contributed by atoms with Crippen molar-refractivity contribution in [2.24, 2.45) is 5.92 Å². The summed E-state index contributed by atoms with van der Waals surface area (Å²) in [7, 11) is 0. The molecule has 0 spiro atoms. The minimum absolute atomic E-state index is 0.0434. The lowest BCUT2D eigenvalue weighted by Crippen LogP contribution is -2.64. The second kappa shape index (κ2) is 21.1. The number of benzene rings is 1. The molecule has 1 aromatic carbocycles. The minimum Gasteiger partial charge on any atom is -0.494 e. The maximum atomic E-state index is 14.2. The first-order valence-corrected chi connectivity index (χ1v) is 16.0. The van der Waals surface area contributed by atoms with Crippen molar-refractivity contribution < 1.29 is 33.2 Å². The first-order chi connectivity index (χ1) is 19.6. The lowest BCUT2D eigenvalue weighted by Gasteiger charge is -2.45. The van der Waals surface area contributed by atoms with Crippen molar-refractivity contribution in [3.05, 3.63) is 24.3 Å². The minimum atomic E-state index is -0.818. The van der Waals surface area contributed by atoms with E-state index in [9.17, 15) is 4.79 Å². The van der Waals surface area contributed by atoms with Crippen LogP contribution in [0.25, 0.3) is 0 Å². The molecule has 0 amide bonds. The van der Waals surface area contributed by atoms with Crippen LogP contribution in [0.15, 0.2) is 24.3 Å². The molecule has 230 valence electrons. The van der Waals surface area contributed by atoms with Gasteiger partial charge in [-0.25, -0.2) is 0 Å². The van der Waals surface area contributed by atoms with Gasteiger partial charge in [0.05, 0.1) is 25.2 Å². The normalized spacial score (nSPS) is 22.9. The molecular weight excluding hydrogens is 508 g/mol. The first kappa shape index (κ1) is 34.5. The Kier molecular flexibility index (Phi) is 18.2. The number of unbranched alkanes of at least 4 members (excludes halogenated alkanes) is 5. The fraction of sp³-hybridized carbons (Fsp3) is 0.788. The van der Waals surface area contributed by atoms with Gasteiger partial charge in [-0.1, -0.05) is 66.7 Å². The monoisotopic (exact) mass is 564 g/mol. The second-order valence-electron chi connectivity index (χ2n) is 10.7. The van der Waals surface area contributed by atoms with Crippen molar-refractivity contribution in [1.82, 2.24) is 0 Å². The van der Waals surface area contributed by atoms with Crippen LogP contribution in [0.4, 0.5) is 0 Å². The van der Waals surface area contributed by atoms with E-state index in [2.05, 4.69) is 34.6 Å². The molecule has 7 nitrogen and oxygen atoms in total. The zero-order chi connectivity index (χ0) is 29.0. The predicted octanol–water partition coefficient (Wildman–Crippen LogP) is 7.18. The molecular formula is C33H56O7. The summed E-state index contributed by atoms with van der Waals surface area (Å²) in [6, 6.07) is 7.51. The Morgan fingerprint density at radius 2 is 1.05 bits per heavy atom. The topological polar surface area (TPSA) is 72.5 Å². The highest BCUT2D eigenvalue weighted by atomic mass is 16.6. The fourth-order valence-electron chi connectivity index (χ4n) is 4.65. The average Bonchev–Trinajstić information content (AvgIpc) is 2.96. The van der Waals surface area contributed by atoms with E-state index >= 15 is 0 Å². The fourth-order valence-corrected chi connectivity index (χ4v) is 4.65. The highest BCUT2D eigenvalue weighted by Crippen LogP contribution is 2.34. The molecule has 0 saturated heterocycles. The SMILES string of the molecule is CCCCOC[C@H]1C(=O)[C@@H](Oc2ccc(OCCCC)cc2)[C@H](OCCCC)[C@@H](OCCCC)[C@@H]1OCCCC. The summed E-state index contributed by atoms with van der Waals surface area (Å²) in [5.74, 6) is 0.860. The highest BCUT2D eigenvalue weighted by Gasteiger charge is 2.53. The molecule has 0 bridgehead atoms. The maximum Gasteiger partial charge on any atom is 0.186 e. The van der Waals surface area contributed by atoms with Gasteiger partial charge in [-0.3, -0.25) is 4.79 Å². The van der Waals surface area contributed by atoms with Crippen LogP contribution in [0.5, 0.6) is 11.5 Å². The summed E-state index contributed by atoms with van der Waals surface area (Å²) in [5.41, 5.74) is 0. The molecule has 1 aliphatic rings. The molecule has 2 rings (SSSR count). The van der Waals surface area contributed by atoms with Gasteiger partial charge in [-0.05, 0) is 56.4 Å². The summed E-state index contributed by atoms with van der Waals surface area (Å²) in [6.07, 6.45) is 7.58. The van der Waals surface area contributed by atoms with Crippen molar-refractivity contribution in [3.8, 4) is 11.5 Å². The molecule has 40 heavy (non-hydrogen) atoms. The third-order valence-corrected chi connectivity index (χ3v) is 7.21. The smallest absolute Gasteiger partial charge is 0.186 e. The summed E-state index contributed by atoms with van der Waals surface area (Å²) < 4.78 is 37.6. The van der Waals surface area contributed by atoms with Gasteiger partial charge in [-0.2, -0.15) is 0 Å². The molecule has 0 N–H and O–H groups in total. The van der Waals surface area contributed by atoms with Crippen LogP contribution in [0.1, 0.15) is 98.8 Å². The molecule has 5 atom stereocenters. The molecule has 0 heterocycles. The Morgan fingerprint density at radius 3 is 1.62 bits per heavy atom.